The van der Waals surface area contributed by atoms with Gasteiger partial charge >= 0.3 is 0 Å². The van der Waals surface area contributed by atoms with E-state index in [4.69, 9.17) is 0 Å². The third-order valence-electron chi connectivity index (χ3n) is 5.25. The lowest BCUT2D eigenvalue weighted by molar-refractivity contribution is 0.102. The number of thioether (sulfide) groups is 1. The fourth-order valence-electron chi connectivity index (χ4n) is 3.88. The van der Waals surface area contributed by atoms with E-state index in [9.17, 15) is 4.79 Å². The van der Waals surface area contributed by atoms with Crippen LogP contribution in [0.1, 0.15) is 54.2 Å². The second-order valence-electron chi connectivity index (χ2n) is 7.03. The summed E-state index contributed by atoms with van der Waals surface area (Å²) < 4.78 is 2.14. The van der Waals surface area contributed by atoms with Crippen molar-refractivity contribution in [2.45, 2.75) is 49.7 Å². The minimum absolute atomic E-state index is 0.102. The fourth-order valence-corrected chi connectivity index (χ4v) is 4.72. The first-order valence-electron chi connectivity index (χ1n) is 9.54. The quantitative estimate of drug-likeness (QED) is 0.357. The molecule has 1 N–H and O–H groups in total. The molecule has 1 aliphatic carbocycles. The van der Waals surface area contributed by atoms with E-state index in [-0.39, 0.29) is 5.78 Å². The number of Topliss-reactive ketones (excluding diaryl/α,β-unsaturated/α-hetero) is 1. The van der Waals surface area contributed by atoms with Crippen LogP contribution >= 0.6 is 11.8 Å². The Morgan fingerprint density at radius 3 is 2.89 bits per heavy atom. The number of allylic oxidation sites excluding steroid dienone is 1. The summed E-state index contributed by atoms with van der Waals surface area (Å²) in [6, 6.07) is 7.88. The summed E-state index contributed by atoms with van der Waals surface area (Å²) in [7, 11) is 0. The molecule has 2 heterocycles. The van der Waals surface area contributed by atoms with Crippen molar-refractivity contribution in [3.63, 3.8) is 0 Å². The van der Waals surface area contributed by atoms with Crippen molar-refractivity contribution >= 4 is 28.4 Å². The number of benzene rings is 1. The second kappa shape index (κ2) is 8.13. The van der Waals surface area contributed by atoms with E-state index in [2.05, 4.69) is 26.3 Å². The number of carbonyl (C=O) groups excluding carboxylic acids is 1. The van der Waals surface area contributed by atoms with Crippen molar-refractivity contribution in [1.82, 2.24) is 19.7 Å². The van der Waals surface area contributed by atoms with E-state index in [0.717, 1.165) is 27.4 Å². The van der Waals surface area contributed by atoms with Crippen molar-refractivity contribution in [1.29, 1.82) is 0 Å². The van der Waals surface area contributed by atoms with E-state index < -0.39 is 0 Å². The summed E-state index contributed by atoms with van der Waals surface area (Å²) in [6.07, 6.45) is 9.85. The van der Waals surface area contributed by atoms with Gasteiger partial charge in [-0.1, -0.05) is 55.3 Å². The van der Waals surface area contributed by atoms with Crippen molar-refractivity contribution in [2.24, 2.45) is 0 Å². The predicted octanol–water partition coefficient (Wildman–Crippen LogP) is 4.97. The van der Waals surface area contributed by atoms with Crippen LogP contribution in [0.2, 0.25) is 0 Å². The lowest BCUT2D eigenvalue weighted by atomic mass is 9.89. The van der Waals surface area contributed by atoms with E-state index in [1.807, 2.05) is 30.3 Å². The van der Waals surface area contributed by atoms with Gasteiger partial charge in [-0.05, 0) is 18.9 Å². The first-order valence-corrected chi connectivity index (χ1v) is 10.5. The molecule has 0 spiro atoms. The van der Waals surface area contributed by atoms with E-state index in [1.165, 1.54) is 43.9 Å². The normalized spacial score (nSPS) is 15.3. The number of para-hydroxylation sites is 1. The smallest absolute Gasteiger partial charge is 0.191 e. The van der Waals surface area contributed by atoms with Crippen molar-refractivity contribution in [3.05, 3.63) is 54.5 Å². The van der Waals surface area contributed by atoms with Gasteiger partial charge in [0, 0.05) is 35.1 Å². The molecule has 1 aliphatic rings. The van der Waals surface area contributed by atoms with Gasteiger partial charge in [0.25, 0.3) is 0 Å². The molecule has 1 saturated carbocycles. The molecule has 1 fully saturated rings. The molecule has 0 atom stereocenters. The Labute approximate surface area is 163 Å². The van der Waals surface area contributed by atoms with Gasteiger partial charge in [-0.3, -0.25) is 4.79 Å². The first kappa shape index (κ1) is 18.0. The van der Waals surface area contributed by atoms with Crippen LogP contribution in [-0.2, 0) is 6.54 Å². The van der Waals surface area contributed by atoms with Crippen LogP contribution in [0.15, 0.2) is 48.3 Å². The summed E-state index contributed by atoms with van der Waals surface area (Å²) in [5.41, 5.74) is 1.72. The predicted molar refractivity (Wildman–Crippen MR) is 109 cm³/mol. The number of nitrogens with one attached hydrogen (secondary N) is 1. The van der Waals surface area contributed by atoms with Crippen LogP contribution < -0.4 is 0 Å². The highest BCUT2D eigenvalue weighted by Crippen LogP contribution is 2.33. The van der Waals surface area contributed by atoms with Gasteiger partial charge in [-0.25, -0.2) is 0 Å². The Balaban J connectivity index is 1.51. The number of hydrogen-bond donors (Lipinski definition) is 1. The van der Waals surface area contributed by atoms with E-state index >= 15 is 0 Å². The Morgan fingerprint density at radius 1 is 1.26 bits per heavy atom. The minimum atomic E-state index is 0.102. The number of hydrogen-bond acceptors (Lipinski definition) is 4. The van der Waals surface area contributed by atoms with Crippen LogP contribution in [0.3, 0.4) is 0 Å². The molecule has 27 heavy (non-hydrogen) atoms. The number of nitrogens with zero attached hydrogens (tertiary/aromatic N) is 3. The Bertz CT molecular complexity index is 952. The van der Waals surface area contributed by atoms with E-state index in [0.29, 0.717) is 18.2 Å². The molecule has 1 aromatic carbocycles. The molecule has 2 aromatic heterocycles. The van der Waals surface area contributed by atoms with Crippen LogP contribution in [0.5, 0.6) is 0 Å². The number of aromatic amines is 1. The SMILES string of the molecule is C=CCn1c(SCC(=O)c2c[nH]c3ccccc23)nnc1C1CCCCC1. The molecule has 0 amide bonds. The fraction of sp³-hybridized carbons (Fsp3) is 0.381. The maximum Gasteiger partial charge on any atom is 0.191 e. The number of ketones is 1. The molecule has 5 nitrogen and oxygen atoms in total. The maximum atomic E-state index is 12.8. The first-order chi connectivity index (χ1) is 13.3. The van der Waals surface area contributed by atoms with Gasteiger partial charge in [0.2, 0.25) is 0 Å². The van der Waals surface area contributed by atoms with E-state index in [1.54, 1.807) is 6.20 Å². The molecule has 0 unspecified atom stereocenters. The molecule has 140 valence electrons. The Hall–Kier alpha value is -2.34. The summed E-state index contributed by atoms with van der Waals surface area (Å²) in [5, 5.41) is 10.6. The highest BCUT2D eigenvalue weighted by Gasteiger charge is 2.23. The largest absolute Gasteiger partial charge is 0.360 e. The second-order valence-corrected chi connectivity index (χ2v) is 7.98. The van der Waals surface area contributed by atoms with Crippen LogP contribution in [0.4, 0.5) is 0 Å². The minimum Gasteiger partial charge on any atom is -0.360 e. The molecule has 0 bridgehead atoms. The van der Waals surface area contributed by atoms with Gasteiger partial charge < -0.3 is 9.55 Å². The molecule has 4 rings (SSSR count). The van der Waals surface area contributed by atoms with Crippen molar-refractivity contribution < 1.29 is 4.79 Å². The Morgan fingerprint density at radius 2 is 2.07 bits per heavy atom. The summed E-state index contributed by atoms with van der Waals surface area (Å²) in [4.78, 5) is 15.9. The third-order valence-corrected chi connectivity index (χ3v) is 6.22. The molecule has 0 saturated heterocycles. The zero-order valence-corrected chi connectivity index (χ0v) is 16.2. The number of aromatic nitrogens is 4. The monoisotopic (exact) mass is 380 g/mol. The summed E-state index contributed by atoms with van der Waals surface area (Å²) in [5.74, 6) is 1.98. The van der Waals surface area contributed by atoms with Crippen LogP contribution in [-0.4, -0.2) is 31.3 Å². The average Bonchev–Trinajstić information content (AvgIpc) is 3.31. The summed E-state index contributed by atoms with van der Waals surface area (Å²) >= 11 is 1.46. The van der Waals surface area contributed by atoms with Gasteiger partial charge in [0.15, 0.2) is 10.9 Å². The highest BCUT2D eigenvalue weighted by atomic mass is 32.2. The number of rotatable bonds is 7. The zero-order valence-electron chi connectivity index (χ0n) is 15.4. The van der Waals surface area contributed by atoms with Crippen molar-refractivity contribution in [2.75, 3.05) is 5.75 Å². The molecule has 0 aliphatic heterocycles. The molecular weight excluding hydrogens is 356 g/mol. The standard InChI is InChI=1S/C21H24N4OS/c1-2-12-25-20(15-8-4-3-5-9-15)23-24-21(25)27-14-19(26)17-13-22-18-11-7-6-10-16(17)18/h2,6-7,10-11,13,15,22H,1,3-5,8-9,12,14H2. The number of H-pyrrole nitrogens is 1. The lowest BCUT2D eigenvalue weighted by Gasteiger charge is -2.21. The maximum absolute atomic E-state index is 12.8. The van der Waals surface area contributed by atoms with Crippen LogP contribution in [0.25, 0.3) is 10.9 Å². The Kier molecular flexibility index (Phi) is 5.43. The number of carbonyl (C=O) groups is 1. The van der Waals surface area contributed by atoms with Gasteiger partial charge in [-0.15, -0.1) is 16.8 Å². The summed E-state index contributed by atoms with van der Waals surface area (Å²) in [6.45, 7) is 4.56. The zero-order chi connectivity index (χ0) is 18.6. The van der Waals surface area contributed by atoms with Gasteiger partial charge in [-0.2, -0.15) is 0 Å². The number of fused-ring (bicyclic) bond motifs is 1. The molecule has 6 heteroatoms. The molecule has 0 radical (unpaired) electrons. The molecule has 3 aromatic rings. The van der Waals surface area contributed by atoms with Gasteiger partial charge in [0.1, 0.15) is 5.82 Å². The van der Waals surface area contributed by atoms with Gasteiger partial charge in [0.05, 0.1) is 5.75 Å². The average molecular weight is 381 g/mol. The highest BCUT2D eigenvalue weighted by molar-refractivity contribution is 7.99. The van der Waals surface area contributed by atoms with Crippen molar-refractivity contribution in [3.8, 4) is 0 Å². The topological polar surface area (TPSA) is 63.6 Å². The lowest BCUT2D eigenvalue weighted by Crippen LogP contribution is -2.13. The molecular formula is C21H24N4OS. The third kappa shape index (κ3) is 3.72. The van der Waals surface area contributed by atoms with Crippen LogP contribution in [0, 0.1) is 0 Å².